The molecular weight excluding hydrogens is 406 g/mol. The van der Waals surface area contributed by atoms with Gasteiger partial charge >= 0.3 is 0 Å². The van der Waals surface area contributed by atoms with E-state index in [4.69, 9.17) is 9.47 Å². The SMILES string of the molecule is C=C(C)C#CC1=CC(CNCc2ccccc2)=C2[C@@H]3OC(C)(C)O[C@@]34CCC[C@@H]3C[C@@]1(C)[C@@]234. The van der Waals surface area contributed by atoms with Gasteiger partial charge in [0.2, 0.25) is 0 Å². The molecule has 4 aliphatic carbocycles. The average molecular weight is 442 g/mol. The molecule has 3 heteroatoms. The predicted octanol–water partition coefficient (Wildman–Crippen LogP) is 5.69. The highest BCUT2D eigenvalue weighted by molar-refractivity contribution is 5.64. The summed E-state index contributed by atoms with van der Waals surface area (Å²) in [5.41, 5.74) is 6.17. The summed E-state index contributed by atoms with van der Waals surface area (Å²) in [5.74, 6) is 6.95. The minimum atomic E-state index is -0.547. The Balaban J connectivity index is 1.44. The van der Waals surface area contributed by atoms with Gasteiger partial charge in [0, 0.05) is 29.5 Å². The lowest BCUT2D eigenvalue weighted by Crippen LogP contribution is -2.83. The zero-order chi connectivity index (χ0) is 23.1. The molecule has 172 valence electrons. The van der Waals surface area contributed by atoms with Crippen LogP contribution in [0.3, 0.4) is 0 Å². The molecule has 1 saturated heterocycles. The average Bonchev–Trinajstić information content (AvgIpc) is 2.96. The summed E-state index contributed by atoms with van der Waals surface area (Å²) in [6.07, 6.45) is 7.22. The van der Waals surface area contributed by atoms with Crippen molar-refractivity contribution in [2.24, 2.45) is 16.7 Å². The van der Waals surface area contributed by atoms with Gasteiger partial charge < -0.3 is 14.8 Å². The third-order valence-corrected chi connectivity index (χ3v) is 9.00. The van der Waals surface area contributed by atoms with Gasteiger partial charge in [-0.2, -0.15) is 0 Å². The molecule has 5 atom stereocenters. The summed E-state index contributed by atoms with van der Waals surface area (Å²) in [6.45, 7) is 14.3. The Bertz CT molecular complexity index is 1150. The Labute approximate surface area is 198 Å². The van der Waals surface area contributed by atoms with Crippen molar-refractivity contribution in [2.45, 2.75) is 77.4 Å². The van der Waals surface area contributed by atoms with E-state index in [0.29, 0.717) is 5.92 Å². The first-order valence-corrected chi connectivity index (χ1v) is 12.5. The second-order valence-corrected chi connectivity index (χ2v) is 11.4. The van der Waals surface area contributed by atoms with E-state index < -0.39 is 5.79 Å². The maximum Gasteiger partial charge on any atom is 0.164 e. The highest BCUT2D eigenvalue weighted by Crippen LogP contribution is 2.86. The number of ether oxygens (including phenoxy) is 2. The van der Waals surface area contributed by atoms with Crippen LogP contribution in [0.5, 0.6) is 0 Å². The van der Waals surface area contributed by atoms with Gasteiger partial charge in [-0.25, -0.2) is 0 Å². The lowest BCUT2D eigenvalue weighted by Gasteiger charge is -2.80. The van der Waals surface area contributed by atoms with Crippen molar-refractivity contribution in [3.8, 4) is 11.8 Å². The summed E-state index contributed by atoms with van der Waals surface area (Å²) < 4.78 is 13.5. The minimum absolute atomic E-state index is 0.0130. The molecule has 3 nitrogen and oxygen atoms in total. The zero-order valence-corrected chi connectivity index (χ0v) is 20.4. The number of hydrogen-bond donors (Lipinski definition) is 1. The Hall–Kier alpha value is -2.12. The van der Waals surface area contributed by atoms with Gasteiger partial charge in [-0.3, -0.25) is 0 Å². The molecule has 1 N–H and O–H groups in total. The second kappa shape index (κ2) is 6.95. The summed E-state index contributed by atoms with van der Waals surface area (Å²) >= 11 is 0. The lowest BCUT2D eigenvalue weighted by molar-refractivity contribution is -0.299. The fourth-order valence-corrected chi connectivity index (χ4v) is 8.18. The van der Waals surface area contributed by atoms with Crippen molar-refractivity contribution >= 4 is 0 Å². The van der Waals surface area contributed by atoms with Gasteiger partial charge in [-0.15, -0.1) is 0 Å². The molecule has 0 aromatic heterocycles. The smallest absolute Gasteiger partial charge is 0.164 e. The van der Waals surface area contributed by atoms with Crippen LogP contribution in [0.4, 0.5) is 0 Å². The van der Waals surface area contributed by atoms with E-state index in [1.54, 1.807) is 0 Å². The number of hydrogen-bond acceptors (Lipinski definition) is 3. The second-order valence-electron chi connectivity index (χ2n) is 11.4. The van der Waals surface area contributed by atoms with Crippen LogP contribution in [0.25, 0.3) is 0 Å². The molecule has 1 heterocycles. The first-order valence-electron chi connectivity index (χ1n) is 12.5. The molecule has 5 aliphatic rings. The van der Waals surface area contributed by atoms with Crippen LogP contribution < -0.4 is 5.32 Å². The molecule has 6 rings (SSSR count). The van der Waals surface area contributed by atoms with Gasteiger partial charge in [0.1, 0.15) is 11.7 Å². The van der Waals surface area contributed by atoms with Crippen molar-refractivity contribution in [2.75, 3.05) is 6.54 Å². The van der Waals surface area contributed by atoms with Gasteiger partial charge in [-0.1, -0.05) is 62.1 Å². The van der Waals surface area contributed by atoms with Crippen molar-refractivity contribution in [1.29, 1.82) is 0 Å². The number of benzene rings is 1. The Morgan fingerprint density at radius 3 is 2.73 bits per heavy atom. The molecule has 0 radical (unpaired) electrons. The van der Waals surface area contributed by atoms with Crippen molar-refractivity contribution in [3.63, 3.8) is 0 Å². The van der Waals surface area contributed by atoms with Crippen LogP contribution in [-0.2, 0) is 16.0 Å². The Morgan fingerprint density at radius 2 is 1.97 bits per heavy atom. The van der Waals surface area contributed by atoms with E-state index in [-0.39, 0.29) is 22.5 Å². The van der Waals surface area contributed by atoms with Gasteiger partial charge in [0.05, 0.1) is 0 Å². The molecular formula is C30H35NO2. The van der Waals surface area contributed by atoms with Gasteiger partial charge in [-0.05, 0) is 74.3 Å². The monoisotopic (exact) mass is 441 g/mol. The molecule has 33 heavy (non-hydrogen) atoms. The Kier molecular flexibility index (Phi) is 4.51. The van der Waals surface area contributed by atoms with Gasteiger partial charge in [0.25, 0.3) is 0 Å². The van der Waals surface area contributed by atoms with Gasteiger partial charge in [0.15, 0.2) is 5.79 Å². The first kappa shape index (κ1) is 21.4. The zero-order valence-electron chi connectivity index (χ0n) is 20.4. The largest absolute Gasteiger partial charge is 0.340 e. The van der Waals surface area contributed by atoms with E-state index in [2.05, 4.69) is 80.9 Å². The summed E-state index contributed by atoms with van der Waals surface area (Å²) in [6, 6.07) is 10.6. The molecule has 1 aliphatic heterocycles. The molecule has 4 fully saturated rings. The van der Waals surface area contributed by atoms with E-state index in [1.807, 2.05) is 6.92 Å². The molecule has 0 bridgehead atoms. The molecule has 3 saturated carbocycles. The lowest BCUT2D eigenvalue weighted by atomic mass is 9.24. The first-order chi connectivity index (χ1) is 15.7. The molecule has 2 spiro atoms. The van der Waals surface area contributed by atoms with Crippen LogP contribution in [0.2, 0.25) is 0 Å². The minimum Gasteiger partial charge on any atom is -0.340 e. The van der Waals surface area contributed by atoms with Crippen LogP contribution in [-0.4, -0.2) is 24.0 Å². The highest BCUT2D eigenvalue weighted by atomic mass is 16.8. The number of allylic oxidation sites excluding steroid dienone is 2. The standard InChI is InChI=1S/C30H35NO2/c1-20(2)13-14-23-16-22(19-31-18-21-10-7-6-8-11-21)25-26-29(33-27(3,4)32-26)15-9-12-24-17-28(23,5)30(24,25)29/h6-8,10-11,16,24,26,31H,1,9,12,15,17-19H2,2-5H3/t24-,26+,28-,29+,30+/m1/s1. The van der Waals surface area contributed by atoms with E-state index in [9.17, 15) is 0 Å². The fourth-order valence-electron chi connectivity index (χ4n) is 8.18. The quantitative estimate of drug-likeness (QED) is 0.609. The van der Waals surface area contributed by atoms with E-state index >= 15 is 0 Å². The number of nitrogens with one attached hydrogen (secondary N) is 1. The maximum absolute atomic E-state index is 6.89. The molecule has 1 aromatic carbocycles. The summed E-state index contributed by atoms with van der Waals surface area (Å²) in [4.78, 5) is 0. The van der Waals surface area contributed by atoms with Crippen LogP contribution in [0.15, 0.2) is 65.3 Å². The molecule has 0 amide bonds. The van der Waals surface area contributed by atoms with Crippen LogP contribution in [0.1, 0.15) is 58.9 Å². The maximum atomic E-state index is 6.89. The van der Waals surface area contributed by atoms with Crippen LogP contribution in [0, 0.1) is 28.6 Å². The topological polar surface area (TPSA) is 30.5 Å². The van der Waals surface area contributed by atoms with E-state index in [0.717, 1.165) is 25.1 Å². The fraction of sp³-hybridized carbons (Fsp3) is 0.533. The molecule has 1 aromatic rings. The van der Waals surface area contributed by atoms with Crippen molar-refractivity contribution in [3.05, 3.63) is 70.8 Å². The van der Waals surface area contributed by atoms with E-state index in [1.165, 1.54) is 41.5 Å². The number of fused-ring (bicyclic) bond motifs is 1. The molecule has 0 unspecified atom stereocenters. The number of rotatable bonds is 4. The third kappa shape index (κ3) is 2.64. The third-order valence-electron chi connectivity index (χ3n) is 9.00. The summed E-state index contributed by atoms with van der Waals surface area (Å²) in [5, 5.41) is 3.71. The van der Waals surface area contributed by atoms with Crippen LogP contribution >= 0.6 is 0 Å². The highest BCUT2D eigenvalue weighted by Gasteiger charge is 2.88. The predicted molar refractivity (Wildman–Crippen MR) is 131 cm³/mol. The Morgan fingerprint density at radius 1 is 1.18 bits per heavy atom. The normalized spacial score (nSPS) is 39.1. The summed E-state index contributed by atoms with van der Waals surface area (Å²) in [7, 11) is 0. The van der Waals surface area contributed by atoms with Crippen molar-refractivity contribution < 1.29 is 9.47 Å². The van der Waals surface area contributed by atoms with Crippen molar-refractivity contribution in [1.82, 2.24) is 5.32 Å².